The summed E-state index contributed by atoms with van der Waals surface area (Å²) in [4.78, 5) is 0. The monoisotopic (exact) mass is 128 g/mol. The lowest BCUT2D eigenvalue weighted by atomic mass is 9.93. The summed E-state index contributed by atoms with van der Waals surface area (Å²) in [5, 5.41) is 3.34. The Balaban J connectivity index is 2.24. The summed E-state index contributed by atoms with van der Waals surface area (Å²) in [6, 6.07) is 0. The summed E-state index contributed by atoms with van der Waals surface area (Å²) >= 11 is 0. The molecule has 0 bridgehead atoms. The Morgan fingerprint density at radius 2 is 2.33 bits per heavy atom. The van der Waals surface area contributed by atoms with Gasteiger partial charge < -0.3 is 11.1 Å². The quantitative estimate of drug-likeness (QED) is 0.538. The molecule has 9 heavy (non-hydrogen) atoms. The molecule has 0 amide bonds. The third-order valence-electron chi connectivity index (χ3n) is 2.42. The minimum absolute atomic E-state index is 0.430. The molecule has 1 aliphatic heterocycles. The van der Waals surface area contributed by atoms with Gasteiger partial charge in [-0.1, -0.05) is 6.92 Å². The average Bonchev–Trinajstić information content (AvgIpc) is 2.50. The number of nitrogens with two attached hydrogens (primary N) is 1. The van der Waals surface area contributed by atoms with Crippen LogP contribution in [0.5, 0.6) is 0 Å². The average molecular weight is 128 g/mol. The molecule has 0 aromatic rings. The lowest BCUT2D eigenvalue weighted by Crippen LogP contribution is -2.23. The third kappa shape index (κ3) is 1.43. The summed E-state index contributed by atoms with van der Waals surface area (Å²) in [6.07, 6.45) is 1.14. The molecule has 2 nitrogen and oxygen atoms in total. The standard InChI is InChI=1S/C7H16N2/c1-6(3-4-8)7(2)5-9-7/h6,9H,3-5,8H2,1-2H3/t6-,7?/m0/s1. The van der Waals surface area contributed by atoms with Gasteiger partial charge >= 0.3 is 0 Å². The number of nitrogens with one attached hydrogen (secondary N) is 1. The van der Waals surface area contributed by atoms with Crippen LogP contribution >= 0.6 is 0 Å². The van der Waals surface area contributed by atoms with E-state index in [0.717, 1.165) is 18.9 Å². The Kier molecular flexibility index (Phi) is 1.78. The van der Waals surface area contributed by atoms with Crippen LogP contribution in [0.2, 0.25) is 0 Å². The van der Waals surface area contributed by atoms with Gasteiger partial charge in [0.1, 0.15) is 0 Å². The van der Waals surface area contributed by atoms with Gasteiger partial charge in [-0.05, 0) is 25.8 Å². The number of rotatable bonds is 3. The topological polar surface area (TPSA) is 48.0 Å². The Bertz CT molecular complexity index is 97.1. The van der Waals surface area contributed by atoms with E-state index in [0.29, 0.717) is 5.54 Å². The summed E-state index contributed by atoms with van der Waals surface area (Å²) in [6.45, 7) is 6.51. The van der Waals surface area contributed by atoms with E-state index in [1.54, 1.807) is 0 Å². The van der Waals surface area contributed by atoms with Crippen molar-refractivity contribution in [1.29, 1.82) is 0 Å². The lowest BCUT2D eigenvalue weighted by molar-refractivity contribution is 0.425. The van der Waals surface area contributed by atoms with E-state index >= 15 is 0 Å². The fourth-order valence-corrected chi connectivity index (χ4v) is 1.06. The van der Waals surface area contributed by atoms with Gasteiger partial charge in [-0.25, -0.2) is 0 Å². The van der Waals surface area contributed by atoms with Gasteiger partial charge in [0.05, 0.1) is 0 Å². The molecule has 1 saturated heterocycles. The van der Waals surface area contributed by atoms with Crippen molar-refractivity contribution < 1.29 is 0 Å². The molecule has 1 rings (SSSR count). The van der Waals surface area contributed by atoms with Crippen LogP contribution in [0.4, 0.5) is 0 Å². The molecular weight excluding hydrogens is 112 g/mol. The molecule has 54 valence electrons. The van der Waals surface area contributed by atoms with Crippen LogP contribution in [-0.4, -0.2) is 18.6 Å². The molecule has 0 aliphatic carbocycles. The van der Waals surface area contributed by atoms with Crippen molar-refractivity contribution in [3.8, 4) is 0 Å². The van der Waals surface area contributed by atoms with Gasteiger partial charge in [0.2, 0.25) is 0 Å². The highest BCUT2D eigenvalue weighted by Gasteiger charge is 2.40. The molecule has 2 atom stereocenters. The van der Waals surface area contributed by atoms with Crippen LogP contribution < -0.4 is 11.1 Å². The van der Waals surface area contributed by atoms with Crippen molar-refractivity contribution in [1.82, 2.24) is 5.32 Å². The predicted octanol–water partition coefficient (Wildman–Crippen LogP) is 0.333. The zero-order valence-corrected chi connectivity index (χ0v) is 6.28. The van der Waals surface area contributed by atoms with Crippen LogP contribution in [0, 0.1) is 5.92 Å². The molecule has 0 aromatic carbocycles. The van der Waals surface area contributed by atoms with Crippen LogP contribution in [0.15, 0.2) is 0 Å². The highest BCUT2D eigenvalue weighted by atomic mass is 15.2. The van der Waals surface area contributed by atoms with E-state index in [1.807, 2.05) is 0 Å². The van der Waals surface area contributed by atoms with E-state index in [2.05, 4.69) is 19.2 Å². The molecule has 3 N–H and O–H groups in total. The van der Waals surface area contributed by atoms with Crippen LogP contribution in [0.1, 0.15) is 20.3 Å². The second kappa shape index (κ2) is 2.27. The van der Waals surface area contributed by atoms with Crippen LogP contribution in [0.25, 0.3) is 0 Å². The molecule has 0 aromatic heterocycles. The SMILES string of the molecule is C[C@@H](CCN)C1(C)CN1. The Labute approximate surface area is 56.8 Å². The third-order valence-corrected chi connectivity index (χ3v) is 2.42. The second-order valence-corrected chi connectivity index (χ2v) is 3.25. The summed E-state index contributed by atoms with van der Waals surface area (Å²) < 4.78 is 0. The van der Waals surface area contributed by atoms with E-state index in [-0.39, 0.29) is 0 Å². The molecule has 1 unspecified atom stereocenters. The fraction of sp³-hybridized carbons (Fsp3) is 1.00. The Morgan fingerprint density at radius 3 is 2.67 bits per heavy atom. The van der Waals surface area contributed by atoms with Gasteiger partial charge in [0.15, 0.2) is 0 Å². The Hall–Kier alpha value is -0.0800. The first-order chi connectivity index (χ1) is 4.19. The van der Waals surface area contributed by atoms with Crippen molar-refractivity contribution in [3.05, 3.63) is 0 Å². The molecular formula is C7H16N2. The fourth-order valence-electron chi connectivity index (χ4n) is 1.06. The maximum Gasteiger partial charge on any atom is 0.0305 e. The largest absolute Gasteiger partial charge is 0.330 e. The van der Waals surface area contributed by atoms with Crippen LogP contribution in [-0.2, 0) is 0 Å². The molecule has 0 spiro atoms. The molecule has 0 saturated carbocycles. The first-order valence-electron chi connectivity index (χ1n) is 3.64. The first-order valence-corrected chi connectivity index (χ1v) is 3.64. The minimum atomic E-state index is 0.430. The van der Waals surface area contributed by atoms with Gasteiger partial charge in [-0.3, -0.25) is 0 Å². The van der Waals surface area contributed by atoms with E-state index in [1.165, 1.54) is 6.54 Å². The van der Waals surface area contributed by atoms with E-state index in [4.69, 9.17) is 5.73 Å². The summed E-state index contributed by atoms with van der Waals surface area (Å²) in [5.41, 5.74) is 5.86. The van der Waals surface area contributed by atoms with Crippen molar-refractivity contribution in [2.75, 3.05) is 13.1 Å². The molecule has 0 radical (unpaired) electrons. The summed E-state index contributed by atoms with van der Waals surface area (Å²) in [5.74, 6) is 0.738. The minimum Gasteiger partial charge on any atom is -0.330 e. The molecule has 1 fully saturated rings. The summed E-state index contributed by atoms with van der Waals surface area (Å²) in [7, 11) is 0. The van der Waals surface area contributed by atoms with Gasteiger partial charge in [-0.2, -0.15) is 0 Å². The van der Waals surface area contributed by atoms with Crippen molar-refractivity contribution in [2.24, 2.45) is 11.7 Å². The molecule has 2 heteroatoms. The maximum absolute atomic E-state index is 5.43. The molecule has 1 heterocycles. The van der Waals surface area contributed by atoms with Gasteiger partial charge in [-0.15, -0.1) is 0 Å². The zero-order chi connectivity index (χ0) is 6.91. The normalized spacial score (nSPS) is 36.3. The van der Waals surface area contributed by atoms with Crippen molar-refractivity contribution >= 4 is 0 Å². The molecule has 1 aliphatic rings. The highest BCUT2D eigenvalue weighted by molar-refractivity contribution is 5.03. The first kappa shape index (κ1) is 7.03. The van der Waals surface area contributed by atoms with E-state index in [9.17, 15) is 0 Å². The zero-order valence-electron chi connectivity index (χ0n) is 6.28. The van der Waals surface area contributed by atoms with Crippen LogP contribution in [0.3, 0.4) is 0 Å². The Morgan fingerprint density at radius 1 is 1.78 bits per heavy atom. The number of hydrogen-bond acceptors (Lipinski definition) is 2. The van der Waals surface area contributed by atoms with Crippen molar-refractivity contribution in [2.45, 2.75) is 25.8 Å². The van der Waals surface area contributed by atoms with Crippen molar-refractivity contribution in [3.63, 3.8) is 0 Å². The maximum atomic E-state index is 5.43. The van der Waals surface area contributed by atoms with Gasteiger partial charge in [0.25, 0.3) is 0 Å². The lowest BCUT2D eigenvalue weighted by Gasteiger charge is -2.15. The highest BCUT2D eigenvalue weighted by Crippen LogP contribution is 2.27. The van der Waals surface area contributed by atoms with Gasteiger partial charge in [0, 0.05) is 12.1 Å². The van der Waals surface area contributed by atoms with E-state index < -0.39 is 0 Å². The second-order valence-electron chi connectivity index (χ2n) is 3.25. The predicted molar refractivity (Wildman–Crippen MR) is 39.2 cm³/mol. The number of hydrogen-bond donors (Lipinski definition) is 2. The smallest absolute Gasteiger partial charge is 0.0305 e.